The average Bonchev–Trinajstić information content (AvgIpc) is 1.62. The van der Waals surface area contributed by atoms with Crippen molar-refractivity contribution in [3.63, 3.8) is 0 Å². The first kappa shape index (κ1) is 91.8. The molecule has 0 aliphatic rings. The topological polar surface area (TPSA) is 29.3 Å². The molecule has 0 saturated carbocycles. The lowest BCUT2D eigenvalue weighted by Crippen LogP contribution is -2.10. The molecule has 0 spiro atoms. The van der Waals surface area contributed by atoms with Gasteiger partial charge in [-0.25, -0.2) is 0 Å². The predicted molar refractivity (Wildman–Crippen MR) is 633 cm³/mol. The maximum absolute atomic E-state index is 6.35. The van der Waals surface area contributed by atoms with Gasteiger partial charge in [0.25, 0.3) is 0 Å². The number of thiophene rings is 4. The number of furan rings is 1. The Labute approximate surface area is 879 Å². The third-order valence-corrected chi connectivity index (χ3v) is 33.4. The van der Waals surface area contributed by atoms with Crippen molar-refractivity contribution in [1.29, 1.82) is 0 Å². The van der Waals surface area contributed by atoms with Gasteiger partial charge in [0.15, 0.2) is 5.58 Å². The number of hydrogen-bond donors (Lipinski definition) is 0. The summed E-state index contributed by atoms with van der Waals surface area (Å²) < 4.78 is 19.7. The molecule has 0 bridgehead atoms. The molecule has 0 N–H and O–H groups in total. The summed E-state index contributed by atoms with van der Waals surface area (Å²) in [5, 5.41) is 18.9. The summed E-state index contributed by atoms with van der Waals surface area (Å²) in [4.78, 5) is 11.6. The van der Waals surface area contributed by atoms with Gasteiger partial charge in [0.05, 0.1) is 57.4 Å². The molecule has 5 aromatic heterocycles. The lowest BCUT2D eigenvalue weighted by Gasteiger charge is -2.27. The third-order valence-electron chi connectivity index (χ3n) is 25.6. The Kier molecular flexibility index (Phi) is 26.5. The number of para-hydroxylation sites is 10. The van der Waals surface area contributed by atoms with Crippen LogP contribution in [0.1, 0.15) is 0 Å². The van der Waals surface area contributed by atoms with Crippen LogP contribution in [0.2, 0.25) is 10.0 Å². The van der Waals surface area contributed by atoms with Crippen LogP contribution in [-0.4, -0.2) is 0 Å². The molecule has 686 valence electrons. The van der Waals surface area contributed by atoms with E-state index in [0.29, 0.717) is 0 Å². The SMILES string of the molecule is Brc1cccc2c1oc1c(N(c3ccccc3)c3ccccc3)cccc12.Brc1cccc2c1sc1c(N(c3ccccc3)c3ccc4ccccc4c3)cccc12.Brc1cccc2c1sc1c(N(c3ccccc3)c3ccccc3)cccc12.Clc1ccc2c(c1)sc1c(N(c3ccccc3)c3cccc4ccccc34)cccc12.Clc1ccc2c(c1)sc1c(N(c3ccccc3)c3ccccc3)cccc12. The molecule has 0 atom stereocenters. The first-order valence-electron chi connectivity index (χ1n) is 46.9. The van der Waals surface area contributed by atoms with E-state index in [-0.39, 0.29) is 0 Å². The number of rotatable bonds is 15. The first-order valence-corrected chi connectivity index (χ1v) is 53.3. The summed E-state index contributed by atoms with van der Waals surface area (Å²) in [5.41, 5.74) is 19.0. The largest absolute Gasteiger partial charge is 0.453 e. The summed E-state index contributed by atoms with van der Waals surface area (Å²) >= 11 is 30.9. The van der Waals surface area contributed by atoms with Crippen molar-refractivity contribution in [1.82, 2.24) is 0 Å². The van der Waals surface area contributed by atoms with Gasteiger partial charge in [-0.05, 0) is 252 Å². The number of hydrogen-bond acceptors (Lipinski definition) is 10. The normalized spacial score (nSPS) is 11.3. The zero-order valence-corrected chi connectivity index (χ0v) is 86.2. The van der Waals surface area contributed by atoms with Crippen molar-refractivity contribution < 1.29 is 4.42 Å². The van der Waals surface area contributed by atoms with Crippen molar-refractivity contribution in [3.05, 3.63) is 533 Å². The summed E-state index contributed by atoms with van der Waals surface area (Å²) in [5.74, 6) is 0. The number of nitrogens with zero attached hydrogens (tertiary/aromatic N) is 5. The lowest BCUT2D eigenvalue weighted by atomic mass is 10.1. The van der Waals surface area contributed by atoms with Crippen molar-refractivity contribution in [2.45, 2.75) is 0 Å². The van der Waals surface area contributed by atoms with Gasteiger partial charge in [0, 0.05) is 148 Å². The van der Waals surface area contributed by atoms with Crippen LogP contribution in [0.15, 0.2) is 527 Å². The van der Waals surface area contributed by atoms with E-state index < -0.39 is 0 Å². The minimum atomic E-state index is 0.773. The molecule has 0 aliphatic carbocycles. The second-order valence-corrected chi connectivity index (χ2v) is 41.9. The van der Waals surface area contributed by atoms with E-state index in [9.17, 15) is 0 Å². The second kappa shape index (κ2) is 41.3. The van der Waals surface area contributed by atoms with Crippen LogP contribution in [0.3, 0.4) is 0 Å². The van der Waals surface area contributed by atoms with E-state index in [1.54, 1.807) is 22.7 Å². The number of halogens is 5. The Hall–Kier alpha value is -14.9. The zero-order valence-electron chi connectivity index (χ0n) is 76.7. The smallest absolute Gasteiger partial charge is 0.159 e. The molecule has 15 heteroatoms. The van der Waals surface area contributed by atoms with Crippen LogP contribution >= 0.6 is 116 Å². The Balaban J connectivity index is 0.0000000993. The highest BCUT2D eigenvalue weighted by atomic mass is 79.9. The number of fused-ring (bicyclic) bond motifs is 17. The molecule has 0 fully saturated rings. The minimum absolute atomic E-state index is 0.773. The fourth-order valence-electron chi connectivity index (χ4n) is 19.2. The van der Waals surface area contributed by atoms with Gasteiger partial charge in [0.2, 0.25) is 0 Å². The summed E-state index contributed by atoms with van der Waals surface area (Å²) in [6, 6.07) is 178. The fourth-order valence-corrected chi connectivity index (χ4v) is 26.2. The van der Waals surface area contributed by atoms with Gasteiger partial charge in [0.1, 0.15) is 5.58 Å². The van der Waals surface area contributed by atoms with Gasteiger partial charge in [-0.1, -0.05) is 345 Å². The van der Waals surface area contributed by atoms with Crippen molar-refractivity contribution in [2.75, 3.05) is 24.5 Å². The predicted octanol–water partition coefficient (Wildman–Crippen LogP) is 43.1. The molecule has 22 aromatic carbocycles. The van der Waals surface area contributed by atoms with Crippen LogP contribution in [-0.2, 0) is 0 Å². The van der Waals surface area contributed by atoms with Gasteiger partial charge in [-0.15, -0.1) is 45.3 Å². The van der Waals surface area contributed by atoms with Crippen molar-refractivity contribution in [3.8, 4) is 0 Å². The van der Waals surface area contributed by atoms with Gasteiger partial charge < -0.3 is 28.9 Å². The molecule has 27 aromatic rings. The van der Waals surface area contributed by atoms with E-state index in [2.05, 4.69) is 545 Å². The van der Waals surface area contributed by atoms with Crippen LogP contribution in [0.5, 0.6) is 0 Å². The standard InChI is InChI=1S/C28H18BrNS.C28H18ClNS.C24H16BrNO.C24H16BrNS.C24H16ClNS/c29-25-14-6-12-23-24-13-7-15-26(28(24)31-27(23)25)30(21-10-2-1-3-11-21)22-17-16-19-8-4-5-9-20(19)18-22;29-20-16-17-23-24-13-7-15-26(28(24)31-27(23)18-20)30(21-10-2-1-3-11-21)25-14-6-9-19-8-4-5-12-22(19)25;2*25-21-15-7-13-19-20-14-8-16-22(24(20)27-23(19)21)26(17-9-3-1-4-10-17)18-11-5-2-6-12-18;25-17-14-15-20-21-12-7-13-22(24(21)27-23(20)16-17)26(18-8-3-1-4-9-18)19-10-5-2-6-11-19/h2*1-18H;3*1-16H. The Morgan fingerprint density at radius 3 is 0.853 bits per heavy atom. The Bertz CT molecular complexity index is 8960. The van der Waals surface area contributed by atoms with Crippen molar-refractivity contribution >= 4 is 326 Å². The minimum Gasteiger partial charge on any atom is -0.453 e. The van der Waals surface area contributed by atoms with Gasteiger partial charge >= 0.3 is 0 Å². The van der Waals surface area contributed by atoms with E-state index >= 15 is 0 Å². The molecule has 5 heterocycles. The summed E-state index contributed by atoms with van der Waals surface area (Å²) in [6.45, 7) is 0. The van der Waals surface area contributed by atoms with Crippen molar-refractivity contribution in [2.24, 2.45) is 0 Å². The maximum atomic E-state index is 6.35. The number of anilines is 15. The van der Waals surface area contributed by atoms with E-state index in [1.165, 1.54) is 131 Å². The molecule has 27 rings (SSSR count). The second-order valence-electron chi connectivity index (χ2n) is 34.3. The van der Waals surface area contributed by atoms with Crippen LogP contribution in [0.4, 0.5) is 85.3 Å². The Morgan fingerprint density at radius 1 is 0.168 bits per heavy atom. The molecule has 0 radical (unpaired) electrons. The highest BCUT2D eigenvalue weighted by molar-refractivity contribution is 9.11. The average molecular weight is 2150 g/mol. The summed E-state index contributed by atoms with van der Waals surface area (Å²) in [7, 11) is 0. The van der Waals surface area contributed by atoms with Crippen LogP contribution in [0, 0.1) is 0 Å². The van der Waals surface area contributed by atoms with E-state index in [1.807, 2.05) is 59.1 Å². The van der Waals surface area contributed by atoms with Crippen LogP contribution in [0.25, 0.3) is 124 Å². The monoisotopic (exact) mass is 2140 g/mol. The highest BCUT2D eigenvalue weighted by Gasteiger charge is 2.27. The van der Waals surface area contributed by atoms with E-state index in [4.69, 9.17) is 27.6 Å². The molecule has 0 unspecified atom stereocenters. The van der Waals surface area contributed by atoms with E-state index in [0.717, 1.165) is 102 Å². The zero-order chi connectivity index (χ0) is 96.2. The molecular formula is C128H84Br3Cl2N5OS4. The van der Waals surface area contributed by atoms with Gasteiger partial charge in [-0.2, -0.15) is 0 Å². The van der Waals surface area contributed by atoms with Gasteiger partial charge in [-0.3, -0.25) is 0 Å². The fraction of sp³-hybridized carbons (Fsp3) is 0. The number of benzene rings is 22. The molecule has 0 saturated heterocycles. The lowest BCUT2D eigenvalue weighted by molar-refractivity contribution is 0.667. The molecular weight excluding hydrogens is 2060 g/mol. The summed E-state index contributed by atoms with van der Waals surface area (Å²) in [6.07, 6.45) is 0. The Morgan fingerprint density at radius 2 is 0.441 bits per heavy atom. The highest BCUT2D eigenvalue weighted by Crippen LogP contribution is 2.53. The molecule has 0 amide bonds. The van der Waals surface area contributed by atoms with Crippen LogP contribution < -0.4 is 24.5 Å². The quantitative estimate of drug-likeness (QED) is 0.102. The first-order chi connectivity index (χ1) is 70.5. The molecule has 0 aliphatic heterocycles. The maximum Gasteiger partial charge on any atom is 0.159 e. The third kappa shape index (κ3) is 18.5. The molecule has 6 nitrogen and oxygen atoms in total. The molecule has 143 heavy (non-hydrogen) atoms.